The van der Waals surface area contributed by atoms with Crippen LogP contribution in [0.4, 0.5) is 4.39 Å². The molecule has 0 aliphatic heterocycles. The van der Waals surface area contributed by atoms with Crippen molar-refractivity contribution in [2.75, 3.05) is 6.61 Å². The van der Waals surface area contributed by atoms with E-state index >= 15 is 0 Å². The zero-order chi connectivity index (χ0) is 11.4. The van der Waals surface area contributed by atoms with Gasteiger partial charge in [-0.15, -0.1) is 0 Å². The Morgan fingerprint density at radius 3 is 2.87 bits per heavy atom. The molecular weight excluding hydrogens is 290 g/mol. The number of aliphatic carboxylic acids is 1. The average molecular weight is 298 g/mol. The van der Waals surface area contributed by atoms with Gasteiger partial charge in [0.15, 0.2) is 0 Å². The van der Waals surface area contributed by atoms with E-state index in [1.165, 1.54) is 6.07 Å². The molecule has 1 rings (SSSR count). The van der Waals surface area contributed by atoms with E-state index in [1.54, 1.807) is 0 Å². The summed E-state index contributed by atoms with van der Waals surface area (Å²) in [5.74, 6) is -1.34. The molecular formula is C9H7BrClFO3. The second-order valence-electron chi connectivity index (χ2n) is 2.69. The van der Waals surface area contributed by atoms with Gasteiger partial charge in [0.1, 0.15) is 11.6 Å². The highest BCUT2D eigenvalue weighted by molar-refractivity contribution is 9.10. The molecule has 0 saturated heterocycles. The minimum atomic E-state index is -0.972. The quantitative estimate of drug-likeness (QED) is 0.869. The summed E-state index contributed by atoms with van der Waals surface area (Å²) in [6, 6.07) is 2.46. The molecule has 0 spiro atoms. The summed E-state index contributed by atoms with van der Waals surface area (Å²) >= 11 is 8.64. The highest BCUT2D eigenvalue weighted by Crippen LogP contribution is 2.30. The van der Waals surface area contributed by atoms with Gasteiger partial charge in [-0.3, -0.25) is 4.79 Å². The van der Waals surface area contributed by atoms with Crippen molar-refractivity contribution in [3.05, 3.63) is 27.4 Å². The van der Waals surface area contributed by atoms with Crippen molar-refractivity contribution >= 4 is 33.5 Å². The highest BCUT2D eigenvalue weighted by atomic mass is 79.9. The lowest BCUT2D eigenvalue weighted by atomic mass is 10.3. The number of carboxylic acid groups (broad SMARTS) is 1. The molecule has 6 heteroatoms. The van der Waals surface area contributed by atoms with Crippen LogP contribution in [-0.4, -0.2) is 17.7 Å². The van der Waals surface area contributed by atoms with Crippen LogP contribution >= 0.6 is 27.5 Å². The molecule has 0 heterocycles. The first kappa shape index (κ1) is 12.3. The van der Waals surface area contributed by atoms with Gasteiger partial charge in [0.05, 0.1) is 22.5 Å². The molecule has 0 unspecified atom stereocenters. The topological polar surface area (TPSA) is 46.5 Å². The zero-order valence-corrected chi connectivity index (χ0v) is 9.81. The Labute approximate surface area is 98.9 Å². The third kappa shape index (κ3) is 3.68. The van der Waals surface area contributed by atoms with E-state index in [4.69, 9.17) is 21.4 Å². The van der Waals surface area contributed by atoms with Crippen LogP contribution in [0.2, 0.25) is 5.02 Å². The molecule has 82 valence electrons. The van der Waals surface area contributed by atoms with Crippen molar-refractivity contribution in [3.8, 4) is 5.75 Å². The molecule has 1 N–H and O–H groups in total. The number of carbonyl (C=O) groups is 1. The Hall–Kier alpha value is -0.810. The number of hydrogen-bond donors (Lipinski definition) is 1. The third-order valence-corrected chi connectivity index (χ3v) is 2.46. The summed E-state index contributed by atoms with van der Waals surface area (Å²) in [6.07, 6.45) is -0.142. The van der Waals surface area contributed by atoms with E-state index in [-0.39, 0.29) is 23.8 Å². The monoisotopic (exact) mass is 296 g/mol. The summed E-state index contributed by atoms with van der Waals surface area (Å²) in [4.78, 5) is 10.2. The molecule has 3 nitrogen and oxygen atoms in total. The van der Waals surface area contributed by atoms with Crippen molar-refractivity contribution in [2.24, 2.45) is 0 Å². The molecule has 1 aromatic rings. The van der Waals surface area contributed by atoms with Crippen molar-refractivity contribution in [1.29, 1.82) is 0 Å². The number of carboxylic acids is 1. The zero-order valence-electron chi connectivity index (χ0n) is 7.47. The van der Waals surface area contributed by atoms with Gasteiger partial charge in [-0.2, -0.15) is 0 Å². The third-order valence-electron chi connectivity index (χ3n) is 1.55. The normalized spacial score (nSPS) is 10.1. The number of hydrogen-bond acceptors (Lipinski definition) is 2. The molecule has 0 atom stereocenters. The first-order chi connectivity index (χ1) is 7.00. The molecule has 0 radical (unpaired) electrons. The number of halogens is 3. The van der Waals surface area contributed by atoms with Gasteiger partial charge >= 0.3 is 5.97 Å². The van der Waals surface area contributed by atoms with E-state index in [2.05, 4.69) is 15.9 Å². The molecule has 0 fully saturated rings. The van der Waals surface area contributed by atoms with Crippen molar-refractivity contribution in [2.45, 2.75) is 6.42 Å². The maximum atomic E-state index is 13.0. The van der Waals surface area contributed by atoms with E-state index in [0.717, 1.165) is 6.07 Å². The van der Waals surface area contributed by atoms with E-state index < -0.39 is 11.8 Å². The molecule has 15 heavy (non-hydrogen) atoms. The Morgan fingerprint density at radius 1 is 1.60 bits per heavy atom. The lowest BCUT2D eigenvalue weighted by molar-refractivity contribution is -0.137. The van der Waals surface area contributed by atoms with E-state index in [9.17, 15) is 9.18 Å². The Kier molecular flexibility index (Phi) is 4.35. The van der Waals surface area contributed by atoms with Gasteiger partial charge in [-0.25, -0.2) is 4.39 Å². The minimum Gasteiger partial charge on any atom is -0.492 e. The van der Waals surface area contributed by atoms with Gasteiger partial charge in [0, 0.05) is 6.07 Å². The molecule has 0 aromatic heterocycles. The molecule has 1 aromatic carbocycles. The van der Waals surface area contributed by atoms with E-state index in [0.29, 0.717) is 4.47 Å². The Balaban J connectivity index is 2.69. The summed E-state index contributed by atoms with van der Waals surface area (Å²) < 4.78 is 18.5. The molecule has 0 saturated carbocycles. The number of ether oxygens (including phenoxy) is 1. The SMILES string of the molecule is O=C(O)CCOc1cc(F)c(Cl)cc1Br. The second-order valence-corrected chi connectivity index (χ2v) is 3.95. The molecule has 0 aliphatic carbocycles. The van der Waals surface area contributed by atoms with Crippen LogP contribution in [0.5, 0.6) is 5.75 Å². The first-order valence-electron chi connectivity index (χ1n) is 4.00. The smallest absolute Gasteiger partial charge is 0.306 e. The fourth-order valence-electron chi connectivity index (χ4n) is 0.863. The summed E-state index contributed by atoms with van der Waals surface area (Å²) in [5, 5.41) is 8.35. The van der Waals surface area contributed by atoms with E-state index in [1.807, 2.05) is 0 Å². The Morgan fingerprint density at radius 2 is 2.27 bits per heavy atom. The lowest BCUT2D eigenvalue weighted by Crippen LogP contribution is -2.05. The van der Waals surface area contributed by atoms with Crippen LogP contribution in [0.1, 0.15) is 6.42 Å². The van der Waals surface area contributed by atoms with Crippen molar-refractivity contribution in [3.63, 3.8) is 0 Å². The summed E-state index contributed by atoms with van der Waals surface area (Å²) in [5.41, 5.74) is 0. The predicted molar refractivity (Wildman–Crippen MR) is 56.9 cm³/mol. The van der Waals surface area contributed by atoms with Crippen LogP contribution in [0.15, 0.2) is 16.6 Å². The molecule has 0 amide bonds. The van der Waals surface area contributed by atoms with Gasteiger partial charge in [-0.1, -0.05) is 11.6 Å². The lowest BCUT2D eigenvalue weighted by Gasteiger charge is -2.07. The fraction of sp³-hybridized carbons (Fsp3) is 0.222. The van der Waals surface area contributed by atoms with Crippen LogP contribution in [0.25, 0.3) is 0 Å². The van der Waals surface area contributed by atoms with Crippen molar-refractivity contribution in [1.82, 2.24) is 0 Å². The van der Waals surface area contributed by atoms with Gasteiger partial charge in [0.25, 0.3) is 0 Å². The van der Waals surface area contributed by atoms with Gasteiger partial charge in [-0.05, 0) is 22.0 Å². The van der Waals surface area contributed by atoms with Crippen LogP contribution in [0, 0.1) is 5.82 Å². The first-order valence-corrected chi connectivity index (χ1v) is 5.17. The maximum absolute atomic E-state index is 13.0. The largest absolute Gasteiger partial charge is 0.492 e. The Bertz CT molecular complexity index is 384. The fourth-order valence-corrected chi connectivity index (χ4v) is 1.62. The predicted octanol–water partition coefficient (Wildman–Crippen LogP) is 3.10. The maximum Gasteiger partial charge on any atom is 0.306 e. The summed E-state index contributed by atoms with van der Waals surface area (Å²) in [6.45, 7) is -0.0188. The van der Waals surface area contributed by atoms with Gasteiger partial charge in [0.2, 0.25) is 0 Å². The van der Waals surface area contributed by atoms with Crippen LogP contribution in [-0.2, 0) is 4.79 Å². The standard InChI is InChI=1S/C9H7BrClFO3/c10-5-3-6(11)7(12)4-8(5)15-2-1-9(13)14/h3-4H,1-2H2,(H,13,14). The number of benzene rings is 1. The second kappa shape index (κ2) is 5.32. The van der Waals surface area contributed by atoms with Gasteiger partial charge < -0.3 is 9.84 Å². The molecule has 0 bridgehead atoms. The molecule has 0 aliphatic rings. The highest BCUT2D eigenvalue weighted by Gasteiger charge is 2.08. The van der Waals surface area contributed by atoms with Crippen molar-refractivity contribution < 1.29 is 19.0 Å². The minimum absolute atomic E-state index is 0.0188. The van der Waals surface area contributed by atoms with Crippen LogP contribution < -0.4 is 4.74 Å². The number of rotatable bonds is 4. The average Bonchev–Trinajstić information content (AvgIpc) is 2.13. The van der Waals surface area contributed by atoms with Crippen LogP contribution in [0.3, 0.4) is 0 Å². The summed E-state index contributed by atoms with van der Waals surface area (Å²) in [7, 11) is 0.